The number of carbonyl (C=O) groups excluding carboxylic acids is 1. The molecule has 4 N–H and O–H groups in total. The van der Waals surface area contributed by atoms with Crippen molar-refractivity contribution in [3.63, 3.8) is 0 Å². The summed E-state index contributed by atoms with van der Waals surface area (Å²) in [6.45, 7) is 3.20. The van der Waals surface area contributed by atoms with Gasteiger partial charge in [-0.2, -0.15) is 0 Å². The minimum Gasteiger partial charge on any atom is -0.481 e. The summed E-state index contributed by atoms with van der Waals surface area (Å²) in [5.41, 5.74) is 6.59. The summed E-state index contributed by atoms with van der Waals surface area (Å²) < 4.78 is 0.633. The second kappa shape index (κ2) is 5.86. The van der Waals surface area contributed by atoms with E-state index in [9.17, 15) is 9.59 Å². The number of carbonyl (C=O) groups is 2. The maximum Gasteiger partial charge on any atom is 0.308 e. The number of rotatable bonds is 4. The van der Waals surface area contributed by atoms with Crippen molar-refractivity contribution < 1.29 is 14.7 Å². The number of halogens is 1. The Hall–Kier alpha value is -1.56. The summed E-state index contributed by atoms with van der Waals surface area (Å²) in [4.78, 5) is 22.7. The molecule has 18 heavy (non-hydrogen) atoms. The van der Waals surface area contributed by atoms with Gasteiger partial charge in [0.1, 0.15) is 0 Å². The van der Waals surface area contributed by atoms with Crippen LogP contribution < -0.4 is 11.1 Å². The number of amides is 1. The number of carboxylic acid groups (broad SMARTS) is 1. The second-order valence-corrected chi connectivity index (χ2v) is 4.98. The van der Waals surface area contributed by atoms with E-state index in [0.717, 1.165) is 0 Å². The smallest absolute Gasteiger partial charge is 0.308 e. The van der Waals surface area contributed by atoms with Gasteiger partial charge in [-0.1, -0.05) is 0 Å². The van der Waals surface area contributed by atoms with Crippen LogP contribution in [-0.4, -0.2) is 23.0 Å². The number of nitrogens with one attached hydrogen (secondary N) is 1. The van der Waals surface area contributed by atoms with Crippen LogP contribution in [0.4, 0.5) is 5.69 Å². The lowest BCUT2D eigenvalue weighted by atomic mass is 10.0. The number of nitrogens with two attached hydrogens (primary N) is 1. The lowest BCUT2D eigenvalue weighted by Gasteiger charge is -2.17. The van der Waals surface area contributed by atoms with Crippen LogP contribution in [0.1, 0.15) is 24.2 Å². The lowest BCUT2D eigenvalue weighted by molar-refractivity contribution is -0.141. The molecule has 0 saturated heterocycles. The summed E-state index contributed by atoms with van der Waals surface area (Å²) in [6, 6.07) is 4.35. The average Bonchev–Trinajstić information content (AvgIpc) is 2.31. The Morgan fingerprint density at radius 3 is 2.50 bits per heavy atom. The molecule has 0 spiro atoms. The van der Waals surface area contributed by atoms with Gasteiger partial charge in [0, 0.05) is 21.8 Å². The third-order valence-electron chi connectivity index (χ3n) is 2.76. The van der Waals surface area contributed by atoms with Crippen molar-refractivity contribution in [2.45, 2.75) is 19.9 Å². The summed E-state index contributed by atoms with van der Waals surface area (Å²) in [5.74, 6) is -1.91. The lowest BCUT2D eigenvalue weighted by Crippen LogP contribution is -2.40. The molecule has 0 aliphatic heterocycles. The van der Waals surface area contributed by atoms with E-state index >= 15 is 0 Å². The van der Waals surface area contributed by atoms with Gasteiger partial charge in [0.25, 0.3) is 5.91 Å². The van der Waals surface area contributed by atoms with Crippen molar-refractivity contribution in [1.82, 2.24) is 5.32 Å². The fraction of sp³-hybridized carbons (Fsp3) is 0.333. The van der Waals surface area contributed by atoms with Crippen LogP contribution >= 0.6 is 15.9 Å². The van der Waals surface area contributed by atoms with Crippen molar-refractivity contribution in [1.29, 1.82) is 0 Å². The van der Waals surface area contributed by atoms with Gasteiger partial charge in [0.2, 0.25) is 0 Å². The Morgan fingerprint density at radius 2 is 2.00 bits per heavy atom. The number of anilines is 1. The van der Waals surface area contributed by atoms with Crippen LogP contribution in [0.25, 0.3) is 0 Å². The molecule has 0 aliphatic rings. The maximum atomic E-state index is 11.9. The molecule has 0 fully saturated rings. The standard InChI is InChI=1S/C12H15BrN2O3/c1-6(12(17)18)7(2)15-11(16)8-3-4-10(14)9(13)5-8/h3-7H,14H2,1-2H3,(H,15,16)(H,17,18). The molecule has 98 valence electrons. The van der Waals surface area contributed by atoms with Gasteiger partial charge in [0.15, 0.2) is 0 Å². The molecule has 5 nitrogen and oxygen atoms in total. The number of hydrogen-bond acceptors (Lipinski definition) is 3. The van der Waals surface area contributed by atoms with Crippen LogP contribution in [-0.2, 0) is 4.79 Å². The Kier molecular flexibility index (Phi) is 4.72. The van der Waals surface area contributed by atoms with Crippen molar-refractivity contribution in [2.24, 2.45) is 5.92 Å². The van der Waals surface area contributed by atoms with E-state index < -0.39 is 17.9 Å². The maximum absolute atomic E-state index is 11.9. The van der Waals surface area contributed by atoms with Crippen LogP contribution in [0.15, 0.2) is 22.7 Å². The first-order valence-electron chi connectivity index (χ1n) is 5.41. The number of aliphatic carboxylic acids is 1. The molecule has 1 rings (SSSR count). The summed E-state index contributed by atoms with van der Waals surface area (Å²) >= 11 is 3.23. The molecule has 2 atom stereocenters. The predicted octanol–water partition coefficient (Wildman–Crippen LogP) is 1.87. The highest BCUT2D eigenvalue weighted by molar-refractivity contribution is 9.10. The number of hydrogen-bond donors (Lipinski definition) is 3. The number of nitrogen functional groups attached to an aromatic ring is 1. The fourth-order valence-electron chi connectivity index (χ4n) is 1.30. The zero-order valence-corrected chi connectivity index (χ0v) is 11.7. The molecule has 2 unspecified atom stereocenters. The number of benzene rings is 1. The molecule has 0 bridgehead atoms. The molecule has 1 aromatic carbocycles. The minimum atomic E-state index is -0.943. The summed E-state index contributed by atoms with van der Waals surface area (Å²) in [5, 5.41) is 11.5. The van der Waals surface area contributed by atoms with Crippen molar-refractivity contribution in [3.05, 3.63) is 28.2 Å². The van der Waals surface area contributed by atoms with E-state index in [2.05, 4.69) is 21.2 Å². The Bertz CT molecular complexity index is 476. The molecule has 0 aliphatic carbocycles. The van der Waals surface area contributed by atoms with E-state index in [1.165, 1.54) is 0 Å². The monoisotopic (exact) mass is 314 g/mol. The predicted molar refractivity (Wildman–Crippen MR) is 72.3 cm³/mol. The van der Waals surface area contributed by atoms with Gasteiger partial charge in [-0.25, -0.2) is 0 Å². The zero-order chi connectivity index (χ0) is 13.9. The Morgan fingerprint density at radius 1 is 1.39 bits per heavy atom. The second-order valence-electron chi connectivity index (χ2n) is 4.13. The van der Waals surface area contributed by atoms with E-state index in [4.69, 9.17) is 10.8 Å². The summed E-state index contributed by atoms with van der Waals surface area (Å²) in [7, 11) is 0. The summed E-state index contributed by atoms with van der Waals surface area (Å²) in [6.07, 6.45) is 0. The third-order valence-corrected chi connectivity index (χ3v) is 3.45. The van der Waals surface area contributed by atoms with Crippen molar-refractivity contribution in [2.75, 3.05) is 5.73 Å². The van der Waals surface area contributed by atoms with Crippen LogP contribution in [0, 0.1) is 5.92 Å². The fourth-order valence-corrected chi connectivity index (χ4v) is 1.68. The van der Waals surface area contributed by atoms with Crippen molar-refractivity contribution in [3.8, 4) is 0 Å². The van der Waals surface area contributed by atoms with Gasteiger partial charge in [0.05, 0.1) is 5.92 Å². The normalized spacial score (nSPS) is 13.7. The van der Waals surface area contributed by atoms with Crippen molar-refractivity contribution >= 4 is 33.5 Å². The molecule has 0 aromatic heterocycles. The minimum absolute atomic E-state index is 0.323. The molecule has 6 heteroatoms. The molecular formula is C12H15BrN2O3. The topological polar surface area (TPSA) is 92.4 Å². The molecular weight excluding hydrogens is 300 g/mol. The van der Waals surface area contributed by atoms with Crippen LogP contribution in [0.5, 0.6) is 0 Å². The quantitative estimate of drug-likeness (QED) is 0.740. The van der Waals surface area contributed by atoms with E-state index in [1.807, 2.05) is 0 Å². The highest BCUT2D eigenvalue weighted by Crippen LogP contribution is 2.20. The molecule has 1 aromatic rings. The first-order chi connectivity index (χ1) is 8.32. The van der Waals surface area contributed by atoms with E-state index in [-0.39, 0.29) is 5.91 Å². The molecule has 1 amide bonds. The van der Waals surface area contributed by atoms with Gasteiger partial charge in [-0.05, 0) is 48.0 Å². The van der Waals surface area contributed by atoms with Gasteiger partial charge >= 0.3 is 5.97 Å². The van der Waals surface area contributed by atoms with Gasteiger partial charge in [-0.15, -0.1) is 0 Å². The molecule has 0 heterocycles. The molecule has 0 saturated carbocycles. The Labute approximate surface area is 113 Å². The number of carboxylic acids is 1. The Balaban J connectivity index is 2.76. The average molecular weight is 315 g/mol. The van der Waals surface area contributed by atoms with E-state index in [0.29, 0.717) is 15.7 Å². The first kappa shape index (κ1) is 14.5. The third kappa shape index (κ3) is 3.46. The SMILES string of the molecule is CC(NC(=O)c1ccc(N)c(Br)c1)C(C)C(=O)O. The van der Waals surface area contributed by atoms with Gasteiger partial charge < -0.3 is 16.2 Å². The first-order valence-corrected chi connectivity index (χ1v) is 6.21. The highest BCUT2D eigenvalue weighted by atomic mass is 79.9. The van der Waals surface area contributed by atoms with E-state index in [1.54, 1.807) is 32.0 Å². The highest BCUT2D eigenvalue weighted by Gasteiger charge is 2.21. The zero-order valence-electron chi connectivity index (χ0n) is 10.1. The largest absolute Gasteiger partial charge is 0.481 e. The van der Waals surface area contributed by atoms with Crippen LogP contribution in [0.3, 0.4) is 0 Å². The molecule has 0 radical (unpaired) electrons. The van der Waals surface area contributed by atoms with Crippen LogP contribution in [0.2, 0.25) is 0 Å². The van der Waals surface area contributed by atoms with Gasteiger partial charge in [-0.3, -0.25) is 9.59 Å².